The second-order valence-corrected chi connectivity index (χ2v) is 5.87. The SMILES string of the molecule is C=CCSc1cc2n(c1-c1cc[nH]c1)CCC2C(=O)O. The van der Waals surface area contributed by atoms with Crippen LogP contribution in [0.4, 0.5) is 0 Å². The smallest absolute Gasteiger partial charge is 0.312 e. The highest BCUT2D eigenvalue weighted by Crippen LogP contribution is 2.41. The molecule has 20 heavy (non-hydrogen) atoms. The highest BCUT2D eigenvalue weighted by molar-refractivity contribution is 7.99. The molecule has 4 nitrogen and oxygen atoms in total. The van der Waals surface area contributed by atoms with E-state index in [4.69, 9.17) is 0 Å². The first-order chi connectivity index (χ1) is 9.72. The lowest BCUT2D eigenvalue weighted by atomic mass is 10.1. The summed E-state index contributed by atoms with van der Waals surface area (Å²) in [7, 11) is 0. The van der Waals surface area contributed by atoms with E-state index in [1.807, 2.05) is 30.6 Å². The van der Waals surface area contributed by atoms with E-state index in [-0.39, 0.29) is 5.92 Å². The molecule has 0 saturated heterocycles. The molecule has 3 heterocycles. The number of rotatable bonds is 5. The van der Waals surface area contributed by atoms with Gasteiger partial charge in [-0.15, -0.1) is 18.3 Å². The summed E-state index contributed by atoms with van der Waals surface area (Å²) in [6.07, 6.45) is 6.38. The fourth-order valence-corrected chi connectivity index (χ4v) is 3.62. The van der Waals surface area contributed by atoms with E-state index in [0.29, 0.717) is 6.42 Å². The van der Waals surface area contributed by atoms with Crippen molar-refractivity contribution in [1.82, 2.24) is 9.55 Å². The zero-order valence-corrected chi connectivity index (χ0v) is 11.8. The number of hydrogen-bond acceptors (Lipinski definition) is 2. The van der Waals surface area contributed by atoms with E-state index in [1.165, 1.54) is 0 Å². The van der Waals surface area contributed by atoms with Gasteiger partial charge >= 0.3 is 5.97 Å². The average molecular weight is 288 g/mol. The quantitative estimate of drug-likeness (QED) is 0.655. The van der Waals surface area contributed by atoms with Crippen LogP contribution in [0, 0.1) is 0 Å². The molecule has 1 aliphatic heterocycles. The summed E-state index contributed by atoms with van der Waals surface area (Å²) in [5, 5.41) is 9.32. The van der Waals surface area contributed by atoms with Gasteiger partial charge in [-0.2, -0.15) is 0 Å². The zero-order valence-electron chi connectivity index (χ0n) is 11.0. The van der Waals surface area contributed by atoms with Crippen LogP contribution >= 0.6 is 11.8 Å². The topological polar surface area (TPSA) is 58.0 Å². The van der Waals surface area contributed by atoms with Gasteiger partial charge in [-0.05, 0) is 18.6 Å². The van der Waals surface area contributed by atoms with Gasteiger partial charge in [-0.25, -0.2) is 0 Å². The average Bonchev–Trinajstić information content (AvgIpc) is 3.10. The summed E-state index contributed by atoms with van der Waals surface area (Å²) in [4.78, 5) is 15.5. The first kappa shape index (κ1) is 13.1. The van der Waals surface area contributed by atoms with Crippen molar-refractivity contribution >= 4 is 17.7 Å². The Morgan fingerprint density at radius 1 is 1.65 bits per heavy atom. The summed E-state index contributed by atoms with van der Waals surface area (Å²) in [6, 6.07) is 4.05. The Balaban J connectivity index is 2.09. The number of aromatic amines is 1. The minimum absolute atomic E-state index is 0.384. The Morgan fingerprint density at radius 2 is 2.50 bits per heavy atom. The highest BCUT2D eigenvalue weighted by Gasteiger charge is 2.32. The lowest BCUT2D eigenvalue weighted by molar-refractivity contribution is -0.138. The molecule has 1 atom stereocenters. The molecule has 1 aliphatic rings. The number of carboxylic acids is 1. The fraction of sp³-hybridized carbons (Fsp3) is 0.267. The maximum atomic E-state index is 11.3. The van der Waals surface area contributed by atoms with Crippen molar-refractivity contribution in [2.45, 2.75) is 23.8 Å². The van der Waals surface area contributed by atoms with Gasteiger partial charge in [0.2, 0.25) is 0 Å². The molecule has 2 aromatic rings. The standard InChI is InChI=1S/C15H16N2O2S/c1-2-7-20-13-8-12-11(15(18)19)4-6-17(12)14(13)10-3-5-16-9-10/h2-3,5,8-9,11,16H,1,4,6-7H2,(H,18,19). The van der Waals surface area contributed by atoms with Crippen LogP contribution in [0.15, 0.2) is 42.1 Å². The molecule has 0 fully saturated rings. The van der Waals surface area contributed by atoms with Gasteiger partial charge in [0, 0.05) is 40.8 Å². The van der Waals surface area contributed by atoms with Crippen molar-refractivity contribution in [2.75, 3.05) is 5.75 Å². The Morgan fingerprint density at radius 3 is 3.15 bits per heavy atom. The number of aliphatic carboxylic acids is 1. The Bertz CT molecular complexity index is 643. The predicted molar refractivity (Wildman–Crippen MR) is 80.1 cm³/mol. The molecule has 0 radical (unpaired) electrons. The summed E-state index contributed by atoms with van der Waals surface area (Å²) < 4.78 is 2.15. The third-order valence-corrected chi connectivity index (χ3v) is 4.64. The van der Waals surface area contributed by atoms with Gasteiger partial charge in [0.25, 0.3) is 0 Å². The second-order valence-electron chi connectivity index (χ2n) is 4.81. The molecule has 0 bridgehead atoms. The Labute approximate surface area is 121 Å². The maximum Gasteiger partial charge on any atom is 0.312 e. The molecule has 1 unspecified atom stereocenters. The third-order valence-electron chi connectivity index (χ3n) is 3.62. The second kappa shape index (κ2) is 5.25. The van der Waals surface area contributed by atoms with Gasteiger partial charge in [0.15, 0.2) is 0 Å². The van der Waals surface area contributed by atoms with Crippen LogP contribution in [-0.2, 0) is 11.3 Å². The number of aromatic nitrogens is 2. The van der Waals surface area contributed by atoms with Crippen LogP contribution in [0.2, 0.25) is 0 Å². The van der Waals surface area contributed by atoms with E-state index in [1.54, 1.807) is 11.8 Å². The van der Waals surface area contributed by atoms with E-state index in [0.717, 1.165) is 34.1 Å². The third kappa shape index (κ3) is 2.08. The molecule has 0 spiro atoms. The summed E-state index contributed by atoms with van der Waals surface area (Å²) in [5.74, 6) is -0.300. The minimum Gasteiger partial charge on any atom is -0.481 e. The molecular weight excluding hydrogens is 272 g/mol. The van der Waals surface area contributed by atoms with Crippen LogP contribution < -0.4 is 0 Å². The summed E-state index contributed by atoms with van der Waals surface area (Å²) >= 11 is 1.70. The van der Waals surface area contributed by atoms with Crippen molar-refractivity contribution < 1.29 is 9.90 Å². The van der Waals surface area contributed by atoms with Crippen molar-refractivity contribution in [3.05, 3.63) is 42.9 Å². The number of nitrogens with zero attached hydrogens (tertiary/aromatic N) is 1. The number of carboxylic acid groups (broad SMARTS) is 1. The molecule has 0 amide bonds. The fourth-order valence-electron chi connectivity index (χ4n) is 2.76. The van der Waals surface area contributed by atoms with E-state index in [2.05, 4.69) is 16.1 Å². The van der Waals surface area contributed by atoms with Gasteiger partial charge in [-0.1, -0.05) is 6.08 Å². The van der Waals surface area contributed by atoms with Crippen molar-refractivity contribution in [3.8, 4) is 11.3 Å². The highest BCUT2D eigenvalue weighted by atomic mass is 32.2. The predicted octanol–water partition coefficient (Wildman–Crippen LogP) is 3.33. The molecule has 2 N–H and O–H groups in total. The van der Waals surface area contributed by atoms with E-state index in [9.17, 15) is 9.90 Å². The van der Waals surface area contributed by atoms with Gasteiger partial charge in [-0.3, -0.25) is 4.79 Å². The van der Waals surface area contributed by atoms with Crippen LogP contribution in [-0.4, -0.2) is 26.4 Å². The van der Waals surface area contributed by atoms with Crippen LogP contribution in [0.1, 0.15) is 18.0 Å². The zero-order chi connectivity index (χ0) is 14.1. The van der Waals surface area contributed by atoms with Crippen molar-refractivity contribution in [3.63, 3.8) is 0 Å². The largest absolute Gasteiger partial charge is 0.481 e. The summed E-state index contributed by atoms with van der Waals surface area (Å²) in [6.45, 7) is 4.51. The van der Waals surface area contributed by atoms with Crippen LogP contribution in [0.5, 0.6) is 0 Å². The molecule has 5 heteroatoms. The minimum atomic E-state index is -0.734. The lowest BCUT2D eigenvalue weighted by Gasteiger charge is -2.07. The van der Waals surface area contributed by atoms with Crippen LogP contribution in [0.3, 0.4) is 0 Å². The molecule has 0 aliphatic carbocycles. The lowest BCUT2D eigenvalue weighted by Crippen LogP contribution is -2.07. The molecule has 104 valence electrons. The first-order valence-electron chi connectivity index (χ1n) is 6.55. The molecule has 0 aromatic carbocycles. The molecule has 2 aromatic heterocycles. The molecule has 0 saturated carbocycles. The van der Waals surface area contributed by atoms with Crippen molar-refractivity contribution in [2.24, 2.45) is 0 Å². The number of fused-ring (bicyclic) bond motifs is 1. The normalized spacial score (nSPS) is 17.1. The van der Waals surface area contributed by atoms with Gasteiger partial charge < -0.3 is 14.7 Å². The van der Waals surface area contributed by atoms with Gasteiger partial charge in [0.1, 0.15) is 0 Å². The number of nitrogens with one attached hydrogen (secondary N) is 1. The van der Waals surface area contributed by atoms with Crippen LogP contribution in [0.25, 0.3) is 11.3 Å². The Hall–Kier alpha value is -1.88. The molecular formula is C15H16N2O2S. The van der Waals surface area contributed by atoms with Crippen molar-refractivity contribution in [1.29, 1.82) is 0 Å². The summed E-state index contributed by atoms with van der Waals surface area (Å²) in [5.41, 5.74) is 3.14. The maximum absolute atomic E-state index is 11.3. The molecule has 3 rings (SSSR count). The van der Waals surface area contributed by atoms with E-state index >= 15 is 0 Å². The Kier molecular flexibility index (Phi) is 3.44. The number of H-pyrrole nitrogens is 1. The van der Waals surface area contributed by atoms with E-state index < -0.39 is 5.97 Å². The monoisotopic (exact) mass is 288 g/mol. The number of carbonyl (C=O) groups is 1. The first-order valence-corrected chi connectivity index (χ1v) is 7.54. The van der Waals surface area contributed by atoms with Gasteiger partial charge in [0.05, 0.1) is 11.6 Å². The number of thioether (sulfide) groups is 1. The number of hydrogen-bond donors (Lipinski definition) is 2.